The monoisotopic (exact) mass is 510 g/mol. The Morgan fingerprint density at radius 2 is 1.67 bits per heavy atom. The second-order valence-corrected chi connectivity index (χ2v) is 9.73. The molecule has 0 unspecified atom stereocenters. The lowest BCUT2D eigenvalue weighted by Crippen LogP contribution is -2.48. The largest absolute Gasteiger partial charge is 0.494 e. The molecule has 0 saturated heterocycles. The molecule has 2 aromatic rings. The number of hydrogen-bond acceptors (Lipinski definition) is 5. The van der Waals surface area contributed by atoms with Crippen LogP contribution in [-0.2, 0) is 4.79 Å². The molecule has 192 valence electrons. The Balaban J connectivity index is 1.43. The van der Waals surface area contributed by atoms with Crippen LogP contribution in [0.15, 0.2) is 48.5 Å². The first kappa shape index (κ1) is 27.1. The molecule has 0 spiro atoms. The molecule has 3 amide bonds. The molecule has 0 atom stereocenters. The van der Waals surface area contributed by atoms with E-state index in [1.807, 2.05) is 0 Å². The minimum absolute atomic E-state index is 0.0299. The number of anilines is 1. The van der Waals surface area contributed by atoms with Gasteiger partial charge in [-0.1, -0.05) is 39.2 Å². The Bertz CT molecular complexity index is 1070. The Kier molecular flexibility index (Phi) is 10.2. The summed E-state index contributed by atoms with van der Waals surface area (Å²) in [5.74, 6) is 0.366. The second kappa shape index (κ2) is 13.6. The van der Waals surface area contributed by atoms with Crippen molar-refractivity contribution in [3.05, 3.63) is 59.7 Å². The minimum Gasteiger partial charge on any atom is -0.494 e. The number of hydrogen-bond donors (Lipinski definition) is 4. The normalized spacial score (nSPS) is 13.5. The summed E-state index contributed by atoms with van der Waals surface area (Å²) in [5.41, 5.74) is 6.40. The molecule has 0 heterocycles. The summed E-state index contributed by atoms with van der Waals surface area (Å²) in [4.78, 5) is 37.3. The summed E-state index contributed by atoms with van der Waals surface area (Å²) in [6.07, 6.45) is 6.13. The van der Waals surface area contributed by atoms with Crippen LogP contribution in [0.25, 0.3) is 0 Å². The van der Waals surface area contributed by atoms with Gasteiger partial charge in [0.15, 0.2) is 5.11 Å². The number of amides is 3. The maximum Gasteiger partial charge on any atom is 0.269 e. The van der Waals surface area contributed by atoms with E-state index in [4.69, 9.17) is 17.0 Å². The zero-order chi connectivity index (χ0) is 25.9. The van der Waals surface area contributed by atoms with E-state index in [0.717, 1.165) is 32.1 Å². The molecule has 2 aromatic carbocycles. The molecule has 36 heavy (non-hydrogen) atoms. The van der Waals surface area contributed by atoms with Crippen molar-refractivity contribution in [1.29, 1.82) is 0 Å². The Hall–Kier alpha value is -3.46. The van der Waals surface area contributed by atoms with Crippen molar-refractivity contribution in [2.75, 3.05) is 11.9 Å². The van der Waals surface area contributed by atoms with Crippen LogP contribution in [0, 0.1) is 11.8 Å². The number of carbonyl (C=O) groups excluding carboxylic acids is 3. The standard InChI is InChI=1S/C27H34N4O4S/c1-18(2)15-16-35-23-10-6-9-21(17-23)25(33)29-27(36)31-30-26(34)20-11-13-22(14-12-20)28-24(32)19-7-4-3-5-8-19/h6,9-14,17-19H,3-5,7-8,15-16H2,1-2H3,(H,28,32)(H,30,34)(H2,29,31,33,36). The maximum absolute atomic E-state index is 12.5. The number of benzene rings is 2. The quantitative estimate of drug-likeness (QED) is 0.306. The van der Waals surface area contributed by atoms with Crippen LogP contribution >= 0.6 is 12.2 Å². The van der Waals surface area contributed by atoms with Crippen LogP contribution in [0.2, 0.25) is 0 Å². The first-order chi connectivity index (χ1) is 17.3. The molecule has 8 nitrogen and oxygen atoms in total. The highest BCUT2D eigenvalue weighted by Gasteiger charge is 2.21. The molecule has 4 N–H and O–H groups in total. The third-order valence-corrected chi connectivity index (χ3v) is 6.17. The van der Waals surface area contributed by atoms with Crippen molar-refractivity contribution in [2.24, 2.45) is 11.8 Å². The third kappa shape index (κ3) is 8.64. The van der Waals surface area contributed by atoms with Crippen molar-refractivity contribution in [3.63, 3.8) is 0 Å². The maximum atomic E-state index is 12.5. The fraction of sp³-hybridized carbons (Fsp3) is 0.407. The highest BCUT2D eigenvalue weighted by atomic mass is 32.1. The van der Waals surface area contributed by atoms with Crippen molar-refractivity contribution in [3.8, 4) is 5.75 Å². The van der Waals surface area contributed by atoms with Gasteiger partial charge in [0.2, 0.25) is 5.91 Å². The molecule has 1 aliphatic rings. The molecule has 1 fully saturated rings. The van der Waals surface area contributed by atoms with Crippen LogP contribution in [0.1, 0.15) is 73.1 Å². The zero-order valence-electron chi connectivity index (χ0n) is 20.8. The van der Waals surface area contributed by atoms with Crippen molar-refractivity contribution in [1.82, 2.24) is 16.2 Å². The summed E-state index contributed by atoms with van der Waals surface area (Å²) in [6.45, 7) is 4.81. The van der Waals surface area contributed by atoms with Gasteiger partial charge in [-0.05, 0) is 79.9 Å². The third-order valence-electron chi connectivity index (χ3n) is 5.97. The van der Waals surface area contributed by atoms with E-state index >= 15 is 0 Å². The predicted octanol–water partition coefficient (Wildman–Crippen LogP) is 4.58. The van der Waals surface area contributed by atoms with Gasteiger partial charge in [0.25, 0.3) is 11.8 Å². The lowest BCUT2D eigenvalue weighted by molar-refractivity contribution is -0.120. The summed E-state index contributed by atoms with van der Waals surface area (Å²) < 4.78 is 5.69. The van der Waals surface area contributed by atoms with Gasteiger partial charge >= 0.3 is 0 Å². The smallest absolute Gasteiger partial charge is 0.269 e. The van der Waals surface area contributed by atoms with Gasteiger partial charge in [0.1, 0.15) is 5.75 Å². The van der Waals surface area contributed by atoms with Gasteiger partial charge in [-0.25, -0.2) is 0 Å². The first-order valence-corrected chi connectivity index (χ1v) is 12.8. The Morgan fingerprint density at radius 1 is 0.944 bits per heavy atom. The molecule has 0 radical (unpaired) electrons. The highest BCUT2D eigenvalue weighted by Crippen LogP contribution is 2.25. The number of rotatable bonds is 8. The molecule has 3 rings (SSSR count). The fourth-order valence-electron chi connectivity index (χ4n) is 3.85. The second-order valence-electron chi connectivity index (χ2n) is 9.32. The van der Waals surface area contributed by atoms with Gasteiger partial charge in [-0.15, -0.1) is 0 Å². The number of hydrazine groups is 1. The van der Waals surface area contributed by atoms with E-state index in [1.165, 1.54) is 6.42 Å². The predicted molar refractivity (Wildman–Crippen MR) is 144 cm³/mol. The molecule has 1 saturated carbocycles. The van der Waals surface area contributed by atoms with Crippen LogP contribution in [0.3, 0.4) is 0 Å². The first-order valence-electron chi connectivity index (χ1n) is 12.4. The highest BCUT2D eigenvalue weighted by molar-refractivity contribution is 7.80. The zero-order valence-corrected chi connectivity index (χ0v) is 21.6. The van der Waals surface area contributed by atoms with E-state index in [1.54, 1.807) is 48.5 Å². The summed E-state index contributed by atoms with van der Waals surface area (Å²) >= 11 is 5.12. The Labute approximate surface area is 217 Å². The SMILES string of the molecule is CC(C)CCOc1cccc(C(=O)NC(=S)NNC(=O)c2ccc(NC(=O)C3CCCCC3)cc2)c1. The van der Waals surface area contributed by atoms with E-state index in [9.17, 15) is 14.4 Å². The Morgan fingerprint density at radius 3 is 2.36 bits per heavy atom. The molecule has 0 bridgehead atoms. The van der Waals surface area contributed by atoms with Crippen LogP contribution in [-0.4, -0.2) is 29.4 Å². The fourth-order valence-corrected chi connectivity index (χ4v) is 3.99. The van der Waals surface area contributed by atoms with Crippen molar-refractivity contribution < 1.29 is 19.1 Å². The van der Waals surface area contributed by atoms with Crippen LogP contribution in [0.5, 0.6) is 5.75 Å². The van der Waals surface area contributed by atoms with Gasteiger partial charge in [0.05, 0.1) is 6.61 Å². The lowest BCUT2D eigenvalue weighted by Gasteiger charge is -2.20. The molecule has 1 aliphatic carbocycles. The van der Waals surface area contributed by atoms with E-state index < -0.39 is 11.8 Å². The molecule has 0 aromatic heterocycles. The molecular formula is C27H34N4O4S. The average Bonchev–Trinajstić information content (AvgIpc) is 2.88. The number of carbonyl (C=O) groups is 3. The van der Waals surface area contributed by atoms with E-state index in [0.29, 0.717) is 35.1 Å². The number of ether oxygens (including phenoxy) is 1. The molecule has 9 heteroatoms. The van der Waals surface area contributed by atoms with Gasteiger partial charge in [0, 0.05) is 22.7 Å². The average molecular weight is 511 g/mol. The van der Waals surface area contributed by atoms with Gasteiger partial charge < -0.3 is 10.1 Å². The van der Waals surface area contributed by atoms with Gasteiger partial charge in [-0.3, -0.25) is 30.6 Å². The number of nitrogens with one attached hydrogen (secondary N) is 4. The number of thiocarbonyl (C=S) groups is 1. The lowest BCUT2D eigenvalue weighted by atomic mass is 9.88. The van der Waals surface area contributed by atoms with Gasteiger partial charge in [-0.2, -0.15) is 0 Å². The van der Waals surface area contributed by atoms with E-state index in [-0.39, 0.29) is 16.9 Å². The topological polar surface area (TPSA) is 109 Å². The minimum atomic E-state index is -0.433. The summed E-state index contributed by atoms with van der Waals surface area (Å²) in [5, 5.41) is 5.41. The summed E-state index contributed by atoms with van der Waals surface area (Å²) in [6, 6.07) is 13.4. The summed E-state index contributed by atoms with van der Waals surface area (Å²) in [7, 11) is 0. The van der Waals surface area contributed by atoms with Crippen LogP contribution in [0.4, 0.5) is 5.69 Å². The molecular weight excluding hydrogens is 476 g/mol. The van der Waals surface area contributed by atoms with Crippen LogP contribution < -0.4 is 26.2 Å². The van der Waals surface area contributed by atoms with E-state index in [2.05, 4.69) is 35.3 Å². The van der Waals surface area contributed by atoms with Crippen molar-refractivity contribution in [2.45, 2.75) is 52.4 Å². The molecule has 0 aliphatic heterocycles. The van der Waals surface area contributed by atoms with Crippen molar-refractivity contribution >= 4 is 40.7 Å².